The zero-order chi connectivity index (χ0) is 18.4. The molecule has 132 valence electrons. The lowest BCUT2D eigenvalue weighted by Crippen LogP contribution is -2.34. The van der Waals surface area contributed by atoms with E-state index < -0.39 is 27.6 Å². The Hall–Kier alpha value is -2.48. The highest BCUT2D eigenvalue weighted by Crippen LogP contribution is 2.34. The Bertz CT molecular complexity index is 960. The molecule has 0 aromatic heterocycles. The maximum atomic E-state index is 13.2. The van der Waals surface area contributed by atoms with E-state index >= 15 is 0 Å². The van der Waals surface area contributed by atoms with E-state index in [1.807, 2.05) is 0 Å². The summed E-state index contributed by atoms with van der Waals surface area (Å²) in [5, 5.41) is 2.49. The summed E-state index contributed by atoms with van der Waals surface area (Å²) < 4.78 is 51.3. The molecule has 25 heavy (non-hydrogen) atoms. The fourth-order valence-corrected chi connectivity index (χ4v) is 4.29. The first-order chi connectivity index (χ1) is 11.7. The van der Waals surface area contributed by atoms with Crippen molar-refractivity contribution in [1.29, 1.82) is 0 Å². The van der Waals surface area contributed by atoms with Crippen molar-refractivity contribution < 1.29 is 22.0 Å². The minimum absolute atomic E-state index is 0.135. The second-order valence-corrected chi connectivity index (χ2v) is 7.90. The molecular formula is C17H16F2N2O3S. The van der Waals surface area contributed by atoms with E-state index in [1.54, 1.807) is 19.1 Å². The summed E-state index contributed by atoms with van der Waals surface area (Å²) in [6.07, 6.45) is 1.64. The van der Waals surface area contributed by atoms with Gasteiger partial charge in [0.25, 0.3) is 5.91 Å². The van der Waals surface area contributed by atoms with Gasteiger partial charge in [-0.25, -0.2) is 17.2 Å². The van der Waals surface area contributed by atoms with Crippen molar-refractivity contribution in [2.75, 3.05) is 15.9 Å². The van der Waals surface area contributed by atoms with Gasteiger partial charge in [-0.3, -0.25) is 9.10 Å². The number of carbonyl (C=O) groups excluding carboxylic acids is 1. The summed E-state index contributed by atoms with van der Waals surface area (Å²) in [6.45, 7) is 1.79. The number of hydrogen-bond acceptors (Lipinski definition) is 3. The predicted octanol–water partition coefficient (Wildman–Crippen LogP) is 2.93. The molecule has 1 atom stereocenters. The van der Waals surface area contributed by atoms with Gasteiger partial charge in [0.15, 0.2) is 11.6 Å². The van der Waals surface area contributed by atoms with E-state index in [0.29, 0.717) is 17.7 Å². The molecule has 2 aromatic rings. The Balaban J connectivity index is 1.86. The van der Waals surface area contributed by atoms with Crippen molar-refractivity contribution in [1.82, 2.24) is 0 Å². The number of rotatable bonds is 3. The van der Waals surface area contributed by atoms with Gasteiger partial charge < -0.3 is 5.32 Å². The molecule has 0 saturated carbocycles. The van der Waals surface area contributed by atoms with Crippen molar-refractivity contribution in [2.45, 2.75) is 19.4 Å². The smallest absolute Gasteiger partial charge is 0.255 e. The number of carbonyl (C=O) groups is 1. The first-order valence-electron chi connectivity index (χ1n) is 7.55. The highest BCUT2D eigenvalue weighted by atomic mass is 32.2. The third-order valence-corrected chi connectivity index (χ3v) is 5.30. The zero-order valence-corrected chi connectivity index (χ0v) is 14.4. The molecule has 2 aromatic carbocycles. The van der Waals surface area contributed by atoms with Crippen LogP contribution in [-0.4, -0.2) is 26.6 Å². The normalized spacial score (nSPS) is 16.6. The van der Waals surface area contributed by atoms with Crippen molar-refractivity contribution in [3.05, 3.63) is 59.2 Å². The lowest BCUT2D eigenvalue weighted by Gasteiger charge is -2.21. The van der Waals surface area contributed by atoms with E-state index in [9.17, 15) is 22.0 Å². The maximum Gasteiger partial charge on any atom is 0.255 e. The zero-order valence-electron chi connectivity index (χ0n) is 13.6. The number of halogens is 2. The average Bonchev–Trinajstić information content (AvgIpc) is 2.85. The molecule has 8 heteroatoms. The molecule has 0 aliphatic carbocycles. The SMILES string of the molecule is CC1Cc2cc(C(=O)Nc3ccc(F)c(F)c3)ccc2N1S(C)(=O)=O. The molecule has 0 saturated heterocycles. The summed E-state index contributed by atoms with van der Waals surface area (Å²) >= 11 is 0. The first kappa shape index (κ1) is 17.3. The van der Waals surface area contributed by atoms with Gasteiger partial charge in [0, 0.05) is 23.4 Å². The molecule has 5 nitrogen and oxygen atoms in total. The fraction of sp³-hybridized carbons (Fsp3) is 0.235. The molecule has 1 aliphatic rings. The standard InChI is InChI=1S/C17H16F2N2O3S/c1-10-7-12-8-11(3-6-16(12)21(10)25(2,23)24)17(22)20-13-4-5-14(18)15(19)9-13/h3-6,8-10H,7H2,1-2H3,(H,20,22). The number of sulfonamides is 1. The molecule has 0 spiro atoms. The molecular weight excluding hydrogens is 350 g/mol. The van der Waals surface area contributed by atoms with E-state index in [1.165, 1.54) is 16.4 Å². The summed E-state index contributed by atoms with van der Waals surface area (Å²) in [7, 11) is -3.40. The van der Waals surface area contributed by atoms with Crippen LogP contribution in [0.4, 0.5) is 20.2 Å². The van der Waals surface area contributed by atoms with E-state index in [4.69, 9.17) is 0 Å². The van der Waals surface area contributed by atoms with Gasteiger partial charge in [-0.1, -0.05) is 0 Å². The lowest BCUT2D eigenvalue weighted by atomic mass is 10.1. The number of anilines is 2. The van der Waals surface area contributed by atoms with Gasteiger partial charge in [-0.15, -0.1) is 0 Å². The maximum absolute atomic E-state index is 13.2. The van der Waals surface area contributed by atoms with E-state index in [0.717, 1.165) is 24.0 Å². The largest absolute Gasteiger partial charge is 0.322 e. The Morgan fingerprint density at radius 3 is 2.52 bits per heavy atom. The van der Waals surface area contributed by atoms with Crippen LogP contribution in [0.25, 0.3) is 0 Å². The highest BCUT2D eigenvalue weighted by Gasteiger charge is 2.32. The van der Waals surface area contributed by atoms with Crippen LogP contribution in [0, 0.1) is 11.6 Å². The van der Waals surface area contributed by atoms with Gasteiger partial charge in [0.05, 0.1) is 11.9 Å². The average molecular weight is 366 g/mol. The van der Waals surface area contributed by atoms with E-state index in [-0.39, 0.29) is 11.7 Å². The second kappa shape index (κ2) is 6.11. The Kier molecular flexibility index (Phi) is 4.24. The van der Waals surface area contributed by atoms with Gasteiger partial charge in [-0.2, -0.15) is 0 Å². The van der Waals surface area contributed by atoms with Gasteiger partial charge in [0.1, 0.15) is 0 Å². The Labute approximate surface area is 144 Å². The van der Waals surface area contributed by atoms with Crippen LogP contribution >= 0.6 is 0 Å². The molecule has 1 amide bonds. The summed E-state index contributed by atoms with van der Waals surface area (Å²) in [5.41, 5.74) is 1.75. The number of fused-ring (bicyclic) bond motifs is 1. The monoisotopic (exact) mass is 366 g/mol. The van der Waals surface area contributed by atoms with Crippen molar-refractivity contribution in [3.8, 4) is 0 Å². The first-order valence-corrected chi connectivity index (χ1v) is 9.40. The third kappa shape index (κ3) is 3.34. The second-order valence-electron chi connectivity index (χ2n) is 6.04. The minimum atomic E-state index is -3.40. The lowest BCUT2D eigenvalue weighted by molar-refractivity contribution is 0.102. The number of hydrogen-bond donors (Lipinski definition) is 1. The van der Waals surface area contributed by atoms with Crippen LogP contribution < -0.4 is 9.62 Å². The van der Waals surface area contributed by atoms with Crippen molar-refractivity contribution >= 4 is 27.3 Å². The predicted molar refractivity (Wildman–Crippen MR) is 91.2 cm³/mol. The molecule has 0 bridgehead atoms. The Morgan fingerprint density at radius 2 is 1.88 bits per heavy atom. The number of amides is 1. The molecule has 0 fully saturated rings. The number of nitrogens with zero attached hydrogens (tertiary/aromatic N) is 1. The van der Waals surface area contributed by atoms with Gasteiger partial charge in [0.2, 0.25) is 10.0 Å². The quantitative estimate of drug-likeness (QED) is 0.908. The van der Waals surface area contributed by atoms with Crippen molar-refractivity contribution in [3.63, 3.8) is 0 Å². The van der Waals surface area contributed by atoms with Crippen LogP contribution in [0.15, 0.2) is 36.4 Å². The molecule has 3 rings (SSSR count). The van der Waals surface area contributed by atoms with Gasteiger partial charge >= 0.3 is 0 Å². The van der Waals surface area contributed by atoms with Crippen LogP contribution in [0.2, 0.25) is 0 Å². The van der Waals surface area contributed by atoms with Crippen LogP contribution in [0.3, 0.4) is 0 Å². The molecule has 1 heterocycles. The van der Waals surface area contributed by atoms with Crippen LogP contribution in [-0.2, 0) is 16.4 Å². The summed E-state index contributed by atoms with van der Waals surface area (Å²) in [6, 6.07) is 7.57. The molecule has 0 radical (unpaired) electrons. The Morgan fingerprint density at radius 1 is 1.16 bits per heavy atom. The summed E-state index contributed by atoms with van der Waals surface area (Å²) in [5.74, 6) is -2.53. The summed E-state index contributed by atoms with van der Waals surface area (Å²) in [4.78, 5) is 12.3. The highest BCUT2D eigenvalue weighted by molar-refractivity contribution is 7.92. The fourth-order valence-electron chi connectivity index (χ4n) is 3.03. The van der Waals surface area contributed by atoms with Crippen LogP contribution in [0.1, 0.15) is 22.8 Å². The van der Waals surface area contributed by atoms with Gasteiger partial charge in [-0.05, 0) is 49.2 Å². The minimum Gasteiger partial charge on any atom is -0.322 e. The van der Waals surface area contributed by atoms with E-state index in [2.05, 4.69) is 5.32 Å². The molecule has 1 N–H and O–H groups in total. The van der Waals surface area contributed by atoms with Crippen molar-refractivity contribution in [2.24, 2.45) is 0 Å². The third-order valence-electron chi connectivity index (χ3n) is 4.03. The van der Waals surface area contributed by atoms with Crippen LogP contribution in [0.5, 0.6) is 0 Å². The topological polar surface area (TPSA) is 66.5 Å². The molecule has 1 aliphatic heterocycles. The molecule has 1 unspecified atom stereocenters. The number of nitrogens with one attached hydrogen (secondary N) is 1. The number of benzene rings is 2.